The summed E-state index contributed by atoms with van der Waals surface area (Å²) in [4.78, 5) is 11.1. The van der Waals surface area contributed by atoms with Gasteiger partial charge in [-0.05, 0) is 37.9 Å². The Bertz CT molecular complexity index is 582. The SMILES string of the molecule is Nc1nc2cnccc2n1C1CN2CCC1CC2. The molecule has 3 saturated heterocycles. The van der Waals surface area contributed by atoms with E-state index in [1.54, 1.807) is 6.20 Å². The number of nitrogens with zero attached hydrogens (tertiary/aromatic N) is 4. The number of pyridine rings is 1. The summed E-state index contributed by atoms with van der Waals surface area (Å²) >= 11 is 0. The van der Waals surface area contributed by atoms with Gasteiger partial charge in [0, 0.05) is 12.7 Å². The molecule has 94 valence electrons. The number of fused-ring (bicyclic) bond motifs is 4. The molecule has 2 bridgehead atoms. The minimum atomic E-state index is 0.486. The van der Waals surface area contributed by atoms with Crippen LogP contribution in [0.4, 0.5) is 5.95 Å². The molecule has 0 radical (unpaired) electrons. The molecule has 0 aliphatic carbocycles. The molecule has 3 aliphatic rings. The fourth-order valence-corrected chi connectivity index (χ4v) is 3.54. The van der Waals surface area contributed by atoms with Gasteiger partial charge in [0.25, 0.3) is 0 Å². The molecular formula is C13H17N5. The lowest BCUT2D eigenvalue weighted by Crippen LogP contribution is -2.48. The van der Waals surface area contributed by atoms with Crippen molar-refractivity contribution in [2.75, 3.05) is 25.4 Å². The molecule has 2 aromatic rings. The van der Waals surface area contributed by atoms with Crippen molar-refractivity contribution in [3.63, 3.8) is 0 Å². The first kappa shape index (κ1) is 10.3. The van der Waals surface area contributed by atoms with Gasteiger partial charge in [-0.2, -0.15) is 0 Å². The third kappa shape index (κ3) is 1.37. The first-order valence-corrected chi connectivity index (χ1v) is 6.63. The molecule has 5 heterocycles. The van der Waals surface area contributed by atoms with Gasteiger partial charge in [0.15, 0.2) is 0 Å². The van der Waals surface area contributed by atoms with Gasteiger partial charge in [-0.1, -0.05) is 0 Å². The van der Waals surface area contributed by atoms with Crippen LogP contribution < -0.4 is 5.73 Å². The third-order valence-electron chi connectivity index (χ3n) is 4.47. The average Bonchev–Trinajstić information content (AvgIpc) is 2.75. The highest BCUT2D eigenvalue weighted by atomic mass is 15.2. The molecule has 0 aromatic carbocycles. The molecule has 3 aliphatic heterocycles. The first-order valence-electron chi connectivity index (χ1n) is 6.63. The van der Waals surface area contributed by atoms with Gasteiger partial charge in [0.1, 0.15) is 5.52 Å². The van der Waals surface area contributed by atoms with Gasteiger partial charge in [0.05, 0.1) is 17.8 Å². The number of hydrogen-bond acceptors (Lipinski definition) is 4. The van der Waals surface area contributed by atoms with E-state index in [0.29, 0.717) is 12.0 Å². The Morgan fingerprint density at radius 1 is 1.28 bits per heavy atom. The topological polar surface area (TPSA) is 60.0 Å². The van der Waals surface area contributed by atoms with Gasteiger partial charge in [-0.15, -0.1) is 0 Å². The van der Waals surface area contributed by atoms with Crippen molar-refractivity contribution in [1.82, 2.24) is 19.4 Å². The Labute approximate surface area is 106 Å². The van der Waals surface area contributed by atoms with Crippen molar-refractivity contribution in [3.05, 3.63) is 18.5 Å². The smallest absolute Gasteiger partial charge is 0.201 e. The first-order chi connectivity index (χ1) is 8.83. The van der Waals surface area contributed by atoms with E-state index in [2.05, 4.69) is 19.4 Å². The third-order valence-corrected chi connectivity index (χ3v) is 4.47. The Balaban J connectivity index is 1.84. The molecule has 0 saturated carbocycles. The Hall–Kier alpha value is -1.62. The number of anilines is 1. The maximum Gasteiger partial charge on any atom is 0.201 e. The van der Waals surface area contributed by atoms with Crippen LogP contribution in [0.5, 0.6) is 0 Å². The summed E-state index contributed by atoms with van der Waals surface area (Å²) in [5.74, 6) is 1.39. The van der Waals surface area contributed by atoms with E-state index in [1.807, 2.05) is 12.3 Å². The van der Waals surface area contributed by atoms with E-state index in [9.17, 15) is 0 Å². The summed E-state index contributed by atoms with van der Waals surface area (Å²) in [5.41, 5.74) is 8.16. The largest absolute Gasteiger partial charge is 0.369 e. The maximum absolute atomic E-state index is 6.12. The van der Waals surface area contributed by atoms with Gasteiger partial charge >= 0.3 is 0 Å². The fraction of sp³-hybridized carbons (Fsp3) is 0.538. The second-order valence-electron chi connectivity index (χ2n) is 5.41. The van der Waals surface area contributed by atoms with E-state index >= 15 is 0 Å². The van der Waals surface area contributed by atoms with Gasteiger partial charge < -0.3 is 15.2 Å². The summed E-state index contributed by atoms with van der Waals surface area (Å²) in [5, 5.41) is 0. The molecule has 0 amide bonds. The summed E-state index contributed by atoms with van der Waals surface area (Å²) < 4.78 is 2.23. The molecule has 1 unspecified atom stereocenters. The summed E-state index contributed by atoms with van der Waals surface area (Å²) in [6, 6.07) is 2.51. The molecule has 5 rings (SSSR count). The second kappa shape index (κ2) is 3.68. The number of nitrogens with two attached hydrogens (primary N) is 1. The van der Waals surface area contributed by atoms with Crippen molar-refractivity contribution in [3.8, 4) is 0 Å². The van der Waals surface area contributed by atoms with Crippen LogP contribution in [0.2, 0.25) is 0 Å². The van der Waals surface area contributed by atoms with Gasteiger partial charge in [-0.25, -0.2) is 4.98 Å². The Kier molecular flexibility index (Phi) is 2.11. The number of hydrogen-bond donors (Lipinski definition) is 1. The average molecular weight is 243 g/mol. The molecule has 0 spiro atoms. The minimum Gasteiger partial charge on any atom is -0.369 e. The van der Waals surface area contributed by atoms with Crippen LogP contribution in [-0.4, -0.2) is 39.1 Å². The van der Waals surface area contributed by atoms with Crippen LogP contribution in [0.3, 0.4) is 0 Å². The molecular weight excluding hydrogens is 226 g/mol. The predicted molar refractivity (Wildman–Crippen MR) is 70.1 cm³/mol. The summed E-state index contributed by atoms with van der Waals surface area (Å²) in [6.07, 6.45) is 6.19. The quantitative estimate of drug-likeness (QED) is 0.819. The van der Waals surface area contributed by atoms with Crippen LogP contribution in [0, 0.1) is 5.92 Å². The number of rotatable bonds is 1. The van der Waals surface area contributed by atoms with E-state index in [-0.39, 0.29) is 0 Å². The van der Waals surface area contributed by atoms with E-state index in [4.69, 9.17) is 5.73 Å². The van der Waals surface area contributed by atoms with E-state index < -0.39 is 0 Å². The van der Waals surface area contributed by atoms with Crippen molar-refractivity contribution in [1.29, 1.82) is 0 Å². The highest BCUT2D eigenvalue weighted by molar-refractivity contribution is 5.77. The van der Waals surface area contributed by atoms with Gasteiger partial charge in [0.2, 0.25) is 5.95 Å². The molecule has 5 nitrogen and oxygen atoms in total. The van der Waals surface area contributed by atoms with Crippen LogP contribution in [0.25, 0.3) is 11.0 Å². The number of nitrogen functional groups attached to an aromatic ring is 1. The predicted octanol–water partition coefficient (Wildman–Crippen LogP) is 1.28. The van der Waals surface area contributed by atoms with Crippen molar-refractivity contribution >= 4 is 17.0 Å². The molecule has 3 fully saturated rings. The fourth-order valence-electron chi connectivity index (χ4n) is 3.54. The van der Waals surface area contributed by atoms with Crippen molar-refractivity contribution in [2.45, 2.75) is 18.9 Å². The normalized spacial score (nSPS) is 31.0. The highest BCUT2D eigenvalue weighted by Gasteiger charge is 2.36. The van der Waals surface area contributed by atoms with Crippen molar-refractivity contribution in [2.24, 2.45) is 5.92 Å². The lowest BCUT2D eigenvalue weighted by atomic mass is 9.84. The molecule has 2 aromatic heterocycles. The maximum atomic E-state index is 6.12. The zero-order valence-electron chi connectivity index (χ0n) is 10.3. The monoisotopic (exact) mass is 243 g/mol. The van der Waals surface area contributed by atoms with Crippen LogP contribution in [-0.2, 0) is 0 Å². The number of aromatic nitrogens is 3. The minimum absolute atomic E-state index is 0.486. The highest BCUT2D eigenvalue weighted by Crippen LogP contribution is 2.38. The molecule has 2 N–H and O–H groups in total. The lowest BCUT2D eigenvalue weighted by Gasteiger charge is -2.45. The molecule has 18 heavy (non-hydrogen) atoms. The molecule has 5 heteroatoms. The number of imidazole rings is 1. The second-order valence-corrected chi connectivity index (χ2v) is 5.41. The summed E-state index contributed by atoms with van der Waals surface area (Å²) in [6.45, 7) is 3.60. The van der Waals surface area contributed by atoms with Crippen LogP contribution >= 0.6 is 0 Å². The van der Waals surface area contributed by atoms with Crippen LogP contribution in [0.15, 0.2) is 18.5 Å². The van der Waals surface area contributed by atoms with Crippen LogP contribution in [0.1, 0.15) is 18.9 Å². The molecule has 1 atom stereocenters. The number of piperidine rings is 3. The Morgan fingerprint density at radius 3 is 2.83 bits per heavy atom. The van der Waals surface area contributed by atoms with E-state index in [1.165, 1.54) is 25.9 Å². The standard InChI is InChI=1S/C13H17N5/c14-13-16-10-7-15-4-1-11(10)18(13)12-8-17-5-2-9(12)3-6-17/h1,4,7,9,12H,2-3,5-6,8H2,(H2,14,16). The zero-order chi connectivity index (χ0) is 12.1. The van der Waals surface area contributed by atoms with E-state index in [0.717, 1.165) is 23.5 Å². The summed E-state index contributed by atoms with van der Waals surface area (Å²) in [7, 11) is 0. The van der Waals surface area contributed by atoms with Crippen molar-refractivity contribution < 1.29 is 0 Å². The lowest BCUT2D eigenvalue weighted by molar-refractivity contribution is 0.0598. The Morgan fingerprint density at radius 2 is 2.11 bits per heavy atom. The zero-order valence-corrected chi connectivity index (χ0v) is 10.3. The van der Waals surface area contributed by atoms with Gasteiger partial charge in [-0.3, -0.25) is 4.98 Å².